The zero-order valence-corrected chi connectivity index (χ0v) is 16.8. The maximum absolute atomic E-state index is 13.3. The molecule has 0 unspecified atom stereocenters. The molecule has 1 aromatic heterocycles. The summed E-state index contributed by atoms with van der Waals surface area (Å²) in [5.74, 6) is -4.68. The maximum Gasteiger partial charge on any atom is 0.309 e. The molecule has 11 heteroatoms. The van der Waals surface area contributed by atoms with Crippen molar-refractivity contribution in [2.75, 3.05) is 0 Å². The fraction of sp³-hybridized carbons (Fsp3) is 0.273. The highest BCUT2D eigenvalue weighted by Crippen LogP contribution is 2.38. The highest BCUT2D eigenvalue weighted by molar-refractivity contribution is 5.88. The molecule has 11 nitrogen and oxygen atoms in total. The second-order valence-corrected chi connectivity index (χ2v) is 7.78. The molecule has 7 N–H and O–H groups in total. The first-order valence-corrected chi connectivity index (χ1v) is 9.84. The minimum Gasteiger partial charge on any atom is -0.508 e. The normalized spacial score (nSPS) is 25.1. The number of phenolic OH excluding ortho intramolecular Hbond substituents is 3. The van der Waals surface area contributed by atoms with Gasteiger partial charge in [-0.1, -0.05) is 0 Å². The fourth-order valence-electron chi connectivity index (χ4n) is 3.88. The van der Waals surface area contributed by atoms with E-state index in [1.54, 1.807) is 0 Å². The molecule has 0 saturated heterocycles. The molecule has 0 amide bonds. The van der Waals surface area contributed by atoms with Gasteiger partial charge in [0.25, 0.3) is 0 Å². The van der Waals surface area contributed by atoms with Crippen molar-refractivity contribution >= 4 is 16.9 Å². The summed E-state index contributed by atoms with van der Waals surface area (Å²) in [5, 5.41) is 69.0. The first-order chi connectivity index (χ1) is 15.6. The van der Waals surface area contributed by atoms with Gasteiger partial charge in [0.2, 0.25) is 11.2 Å². The lowest BCUT2D eigenvalue weighted by Crippen LogP contribution is -2.57. The molecule has 5 atom stereocenters. The van der Waals surface area contributed by atoms with Crippen LogP contribution in [0.25, 0.3) is 22.3 Å². The number of aliphatic hydroxyl groups is 3. The van der Waals surface area contributed by atoms with Crippen molar-refractivity contribution in [3.8, 4) is 34.3 Å². The number of aromatic hydroxyl groups is 3. The van der Waals surface area contributed by atoms with Gasteiger partial charge in [-0.25, -0.2) is 0 Å². The Bertz CT molecular complexity index is 1260. The van der Waals surface area contributed by atoms with Crippen molar-refractivity contribution < 1.29 is 49.7 Å². The predicted octanol–water partition coefficient (Wildman–Crippen LogP) is 0.511. The van der Waals surface area contributed by atoms with Crippen molar-refractivity contribution in [1.29, 1.82) is 0 Å². The van der Waals surface area contributed by atoms with E-state index in [0.29, 0.717) is 0 Å². The number of hydrogen-bond acceptors (Lipinski definition) is 10. The van der Waals surface area contributed by atoms with Gasteiger partial charge in [-0.15, -0.1) is 0 Å². The van der Waals surface area contributed by atoms with Gasteiger partial charge in [-0.05, 0) is 24.3 Å². The number of aliphatic carboxylic acids is 1. The van der Waals surface area contributed by atoms with Crippen LogP contribution in [0.1, 0.15) is 6.42 Å². The average Bonchev–Trinajstić information content (AvgIpc) is 2.75. The number of rotatable bonds is 4. The lowest BCUT2D eigenvalue weighted by molar-refractivity contribution is -0.174. The van der Waals surface area contributed by atoms with Crippen molar-refractivity contribution in [3.63, 3.8) is 0 Å². The second kappa shape index (κ2) is 8.28. The molecule has 1 aliphatic rings. The first kappa shape index (κ1) is 22.4. The highest BCUT2D eigenvalue weighted by Gasteiger charge is 2.47. The minimum atomic E-state index is -1.86. The van der Waals surface area contributed by atoms with Gasteiger partial charge in [-0.2, -0.15) is 0 Å². The Labute approximate surface area is 185 Å². The molecule has 2 aromatic carbocycles. The number of carbonyl (C=O) groups is 1. The lowest BCUT2D eigenvalue weighted by atomic mass is 9.80. The molecular weight excluding hydrogens is 440 g/mol. The third kappa shape index (κ3) is 3.93. The predicted molar refractivity (Wildman–Crippen MR) is 111 cm³/mol. The summed E-state index contributed by atoms with van der Waals surface area (Å²) in [6, 6.07) is 7.41. The van der Waals surface area contributed by atoms with Crippen LogP contribution >= 0.6 is 0 Å². The quantitative estimate of drug-likeness (QED) is 0.286. The third-order valence-corrected chi connectivity index (χ3v) is 5.61. The number of phenols is 3. The monoisotopic (exact) mass is 460 g/mol. The number of fused-ring (bicyclic) bond motifs is 1. The SMILES string of the molecule is O=C(O)[C@@H]1C[C@H](Oc2c(-c3ccc(O)cc3)oc3cc(O)cc(O)c3c2=O)[C@@H](O)[C@H](O)[C@H]1O. The van der Waals surface area contributed by atoms with Crippen LogP contribution < -0.4 is 10.2 Å². The molecule has 4 rings (SSSR count). The molecule has 1 aliphatic carbocycles. The van der Waals surface area contributed by atoms with Crippen LogP contribution in [0.3, 0.4) is 0 Å². The summed E-state index contributed by atoms with van der Waals surface area (Å²) in [5.41, 5.74) is -0.835. The van der Waals surface area contributed by atoms with E-state index in [-0.39, 0.29) is 33.8 Å². The largest absolute Gasteiger partial charge is 0.508 e. The number of ether oxygens (including phenoxy) is 1. The van der Waals surface area contributed by atoms with E-state index in [4.69, 9.17) is 9.15 Å². The fourth-order valence-corrected chi connectivity index (χ4v) is 3.88. The average molecular weight is 460 g/mol. The summed E-state index contributed by atoms with van der Waals surface area (Å²) < 4.78 is 11.4. The van der Waals surface area contributed by atoms with Gasteiger partial charge >= 0.3 is 5.97 Å². The van der Waals surface area contributed by atoms with E-state index in [0.717, 1.165) is 12.1 Å². The van der Waals surface area contributed by atoms with E-state index in [9.17, 15) is 45.3 Å². The minimum absolute atomic E-state index is 0.0799. The standard InChI is InChI=1S/C22H20O11/c23-9-3-1-8(2-4-9)20-21(18(28)15-12(25)5-10(24)6-13(15)32-20)33-14-7-11(22(30)31)16(26)19(29)17(14)27/h1-6,11,14,16-17,19,23-27,29H,7H2,(H,30,31)/t11-,14+,16+,17-,19-/m1/s1. The van der Waals surface area contributed by atoms with E-state index >= 15 is 0 Å². The Kier molecular flexibility index (Phi) is 5.62. The number of carboxylic acid groups (broad SMARTS) is 1. The Morgan fingerprint density at radius 2 is 1.61 bits per heavy atom. The van der Waals surface area contributed by atoms with E-state index < -0.39 is 59.7 Å². The van der Waals surface area contributed by atoms with Gasteiger partial charge in [0.05, 0.1) is 12.0 Å². The van der Waals surface area contributed by atoms with Crippen LogP contribution in [-0.2, 0) is 4.79 Å². The Morgan fingerprint density at radius 3 is 2.24 bits per heavy atom. The van der Waals surface area contributed by atoms with Crippen LogP contribution in [-0.4, -0.2) is 66.1 Å². The Hall–Kier alpha value is -3.80. The van der Waals surface area contributed by atoms with Crippen molar-refractivity contribution in [2.45, 2.75) is 30.8 Å². The summed E-state index contributed by atoms with van der Waals surface area (Å²) in [7, 11) is 0. The number of hydrogen-bond donors (Lipinski definition) is 7. The molecule has 1 heterocycles. The van der Waals surface area contributed by atoms with Crippen LogP contribution in [0.15, 0.2) is 45.6 Å². The molecule has 3 aromatic rings. The van der Waals surface area contributed by atoms with Crippen molar-refractivity contribution in [1.82, 2.24) is 0 Å². The van der Waals surface area contributed by atoms with Gasteiger partial charge in [0, 0.05) is 24.1 Å². The van der Waals surface area contributed by atoms with Crippen molar-refractivity contribution in [3.05, 3.63) is 46.6 Å². The molecule has 174 valence electrons. The highest BCUT2D eigenvalue weighted by atomic mass is 16.5. The number of carboxylic acids is 1. The first-order valence-electron chi connectivity index (χ1n) is 9.84. The topological polar surface area (TPSA) is 198 Å². The lowest BCUT2D eigenvalue weighted by Gasteiger charge is -2.38. The summed E-state index contributed by atoms with van der Waals surface area (Å²) >= 11 is 0. The zero-order chi connectivity index (χ0) is 24.0. The van der Waals surface area contributed by atoms with E-state index in [1.807, 2.05) is 0 Å². The van der Waals surface area contributed by atoms with Crippen LogP contribution in [0.5, 0.6) is 23.0 Å². The molecule has 0 radical (unpaired) electrons. The molecule has 0 spiro atoms. The maximum atomic E-state index is 13.3. The number of aliphatic hydroxyl groups excluding tert-OH is 3. The summed E-state index contributed by atoms with van der Waals surface area (Å²) in [6.07, 6.45) is -7.23. The van der Waals surface area contributed by atoms with E-state index in [1.165, 1.54) is 24.3 Å². The van der Waals surface area contributed by atoms with Gasteiger partial charge in [-0.3, -0.25) is 9.59 Å². The number of benzene rings is 2. The van der Waals surface area contributed by atoms with Crippen LogP contribution in [0.4, 0.5) is 0 Å². The van der Waals surface area contributed by atoms with Crippen LogP contribution in [0, 0.1) is 5.92 Å². The molecular formula is C22H20O11. The van der Waals surface area contributed by atoms with Gasteiger partial charge in [0.15, 0.2) is 5.76 Å². The van der Waals surface area contributed by atoms with Gasteiger partial charge in [0.1, 0.15) is 46.5 Å². The Morgan fingerprint density at radius 1 is 0.939 bits per heavy atom. The third-order valence-electron chi connectivity index (χ3n) is 5.61. The molecule has 1 saturated carbocycles. The Balaban J connectivity index is 1.89. The molecule has 33 heavy (non-hydrogen) atoms. The smallest absolute Gasteiger partial charge is 0.309 e. The van der Waals surface area contributed by atoms with E-state index in [2.05, 4.69) is 0 Å². The molecule has 1 fully saturated rings. The van der Waals surface area contributed by atoms with Crippen molar-refractivity contribution in [2.24, 2.45) is 5.92 Å². The summed E-state index contributed by atoms with van der Waals surface area (Å²) in [4.78, 5) is 24.8. The molecule has 0 aliphatic heterocycles. The van der Waals surface area contributed by atoms with Crippen LogP contribution in [0.2, 0.25) is 0 Å². The second-order valence-electron chi connectivity index (χ2n) is 7.78. The van der Waals surface area contributed by atoms with Gasteiger partial charge < -0.3 is 44.9 Å². The zero-order valence-electron chi connectivity index (χ0n) is 16.8. The summed E-state index contributed by atoms with van der Waals surface area (Å²) in [6.45, 7) is 0. The molecule has 0 bridgehead atoms.